The minimum Gasteiger partial charge on any atom is -0.314 e. The van der Waals surface area contributed by atoms with Gasteiger partial charge in [0.15, 0.2) is 0 Å². The largest absolute Gasteiger partial charge is 0.314 e. The predicted octanol–water partition coefficient (Wildman–Crippen LogP) is 3.96. The minimum atomic E-state index is 0.428. The second kappa shape index (κ2) is 7.80. The van der Waals surface area contributed by atoms with E-state index >= 15 is 0 Å². The van der Waals surface area contributed by atoms with Crippen LogP contribution in [0.2, 0.25) is 0 Å². The zero-order valence-electron chi connectivity index (χ0n) is 13.3. The van der Waals surface area contributed by atoms with Gasteiger partial charge in [0.2, 0.25) is 0 Å². The monoisotopic (exact) mass is 274 g/mol. The molecule has 2 nitrogen and oxygen atoms in total. The van der Waals surface area contributed by atoms with Gasteiger partial charge in [-0.1, -0.05) is 37.1 Å². The van der Waals surface area contributed by atoms with Crippen LogP contribution in [-0.4, -0.2) is 18.6 Å². The van der Waals surface area contributed by atoms with E-state index in [2.05, 4.69) is 55.7 Å². The summed E-state index contributed by atoms with van der Waals surface area (Å²) in [5.41, 5.74) is 2.81. The van der Waals surface area contributed by atoms with Gasteiger partial charge in [-0.2, -0.15) is 0 Å². The highest BCUT2D eigenvalue weighted by Crippen LogP contribution is 2.19. The van der Waals surface area contributed by atoms with Crippen LogP contribution in [0, 0.1) is 6.92 Å². The fourth-order valence-corrected chi connectivity index (χ4v) is 3.39. The maximum Gasteiger partial charge on any atom is 0.0296 e. The van der Waals surface area contributed by atoms with Crippen molar-refractivity contribution in [2.75, 3.05) is 6.54 Å². The molecule has 1 aromatic rings. The number of benzene rings is 1. The molecule has 1 aliphatic heterocycles. The lowest BCUT2D eigenvalue weighted by Crippen LogP contribution is -2.37. The lowest BCUT2D eigenvalue weighted by molar-refractivity contribution is 0.380. The maximum atomic E-state index is 3.76. The number of nitrogens with one attached hydrogen (secondary N) is 2. The van der Waals surface area contributed by atoms with Gasteiger partial charge in [-0.25, -0.2) is 0 Å². The fraction of sp³-hybridized carbons (Fsp3) is 0.667. The van der Waals surface area contributed by atoms with E-state index in [0.717, 1.165) is 0 Å². The Kier molecular flexibility index (Phi) is 6.06. The average molecular weight is 274 g/mol. The molecule has 1 aliphatic rings. The average Bonchev–Trinajstić information content (AvgIpc) is 2.67. The third-order valence-corrected chi connectivity index (χ3v) is 4.49. The molecule has 1 saturated heterocycles. The Labute approximate surface area is 124 Å². The third-order valence-electron chi connectivity index (χ3n) is 4.49. The van der Waals surface area contributed by atoms with Gasteiger partial charge in [-0.3, -0.25) is 0 Å². The summed E-state index contributed by atoms with van der Waals surface area (Å²) < 4.78 is 0. The molecule has 112 valence electrons. The van der Waals surface area contributed by atoms with Crippen LogP contribution in [-0.2, 0) is 0 Å². The van der Waals surface area contributed by atoms with Crippen molar-refractivity contribution in [3.05, 3.63) is 35.4 Å². The molecule has 0 amide bonds. The summed E-state index contributed by atoms with van der Waals surface area (Å²) in [6.45, 7) is 8.00. The van der Waals surface area contributed by atoms with Gasteiger partial charge in [0, 0.05) is 18.1 Å². The van der Waals surface area contributed by atoms with Crippen LogP contribution in [0.3, 0.4) is 0 Å². The topological polar surface area (TPSA) is 24.1 Å². The number of aryl methyl sites for hydroxylation is 1. The second-order valence-corrected chi connectivity index (χ2v) is 6.38. The van der Waals surface area contributed by atoms with Gasteiger partial charge < -0.3 is 10.6 Å². The molecular weight excluding hydrogens is 244 g/mol. The van der Waals surface area contributed by atoms with Crippen molar-refractivity contribution in [3.63, 3.8) is 0 Å². The Morgan fingerprint density at radius 2 is 2.00 bits per heavy atom. The zero-order chi connectivity index (χ0) is 14.4. The summed E-state index contributed by atoms with van der Waals surface area (Å²) in [6.07, 6.45) is 6.70. The summed E-state index contributed by atoms with van der Waals surface area (Å²) in [5, 5.41) is 7.46. The van der Waals surface area contributed by atoms with E-state index in [9.17, 15) is 0 Å². The first-order valence-corrected chi connectivity index (χ1v) is 8.22. The molecule has 2 heteroatoms. The van der Waals surface area contributed by atoms with E-state index < -0.39 is 0 Å². The summed E-state index contributed by atoms with van der Waals surface area (Å²) >= 11 is 0. The normalized spacial score (nSPS) is 23.1. The van der Waals surface area contributed by atoms with Crippen molar-refractivity contribution in [3.8, 4) is 0 Å². The molecule has 0 saturated carbocycles. The van der Waals surface area contributed by atoms with E-state index in [-0.39, 0.29) is 0 Å². The highest BCUT2D eigenvalue weighted by atomic mass is 15.0. The molecule has 1 heterocycles. The van der Waals surface area contributed by atoms with Crippen LogP contribution < -0.4 is 10.6 Å². The van der Waals surface area contributed by atoms with Crippen LogP contribution >= 0.6 is 0 Å². The first-order chi connectivity index (χ1) is 9.66. The Balaban J connectivity index is 1.84. The molecular formula is C18H30N2. The fourth-order valence-electron chi connectivity index (χ4n) is 3.39. The van der Waals surface area contributed by atoms with Crippen molar-refractivity contribution in [2.45, 2.75) is 71.0 Å². The Morgan fingerprint density at radius 1 is 1.20 bits per heavy atom. The summed E-state index contributed by atoms with van der Waals surface area (Å²) in [4.78, 5) is 0. The van der Waals surface area contributed by atoms with Crippen molar-refractivity contribution in [1.82, 2.24) is 10.6 Å². The van der Waals surface area contributed by atoms with Gasteiger partial charge in [0.25, 0.3) is 0 Å². The van der Waals surface area contributed by atoms with Crippen molar-refractivity contribution < 1.29 is 0 Å². The SMILES string of the molecule is Cc1ccccc1[C@@H](C)NC(C)CC1CCCCCN1. The van der Waals surface area contributed by atoms with Crippen LogP contribution in [0.25, 0.3) is 0 Å². The molecule has 2 N–H and O–H groups in total. The van der Waals surface area contributed by atoms with E-state index in [4.69, 9.17) is 0 Å². The van der Waals surface area contributed by atoms with Gasteiger partial charge in [-0.05, 0) is 57.7 Å². The zero-order valence-corrected chi connectivity index (χ0v) is 13.3. The summed E-state index contributed by atoms with van der Waals surface area (Å²) in [5.74, 6) is 0. The summed E-state index contributed by atoms with van der Waals surface area (Å²) in [6, 6.07) is 10.4. The molecule has 0 aromatic heterocycles. The molecule has 20 heavy (non-hydrogen) atoms. The van der Waals surface area contributed by atoms with E-state index in [1.165, 1.54) is 49.8 Å². The van der Waals surface area contributed by atoms with Crippen LogP contribution in [0.5, 0.6) is 0 Å². The molecule has 3 atom stereocenters. The van der Waals surface area contributed by atoms with Crippen molar-refractivity contribution in [1.29, 1.82) is 0 Å². The molecule has 0 bridgehead atoms. The standard InChI is InChI=1S/C18H30N2/c1-14-9-6-7-11-18(14)16(3)20-15(2)13-17-10-5-4-8-12-19-17/h6-7,9,11,15-17,19-20H,4-5,8,10,12-13H2,1-3H3/t15?,16-,17?/m1/s1. The number of hydrogen-bond donors (Lipinski definition) is 2. The van der Waals surface area contributed by atoms with E-state index in [0.29, 0.717) is 18.1 Å². The van der Waals surface area contributed by atoms with Crippen molar-refractivity contribution in [2.24, 2.45) is 0 Å². The number of rotatable bonds is 5. The highest BCUT2D eigenvalue weighted by Gasteiger charge is 2.17. The van der Waals surface area contributed by atoms with E-state index in [1.807, 2.05) is 0 Å². The molecule has 0 radical (unpaired) electrons. The second-order valence-electron chi connectivity index (χ2n) is 6.38. The molecule has 2 unspecified atom stereocenters. The molecule has 1 aromatic carbocycles. The van der Waals surface area contributed by atoms with Crippen LogP contribution in [0.1, 0.15) is 63.1 Å². The van der Waals surface area contributed by atoms with Gasteiger partial charge in [0.1, 0.15) is 0 Å². The molecule has 2 rings (SSSR count). The number of hydrogen-bond acceptors (Lipinski definition) is 2. The molecule has 0 aliphatic carbocycles. The van der Waals surface area contributed by atoms with Gasteiger partial charge >= 0.3 is 0 Å². The maximum absolute atomic E-state index is 3.76. The molecule has 1 fully saturated rings. The van der Waals surface area contributed by atoms with Gasteiger partial charge in [0.05, 0.1) is 0 Å². The third kappa shape index (κ3) is 4.60. The Morgan fingerprint density at radius 3 is 2.80 bits per heavy atom. The van der Waals surface area contributed by atoms with Gasteiger partial charge in [-0.15, -0.1) is 0 Å². The molecule has 0 spiro atoms. The predicted molar refractivity (Wildman–Crippen MR) is 87.1 cm³/mol. The van der Waals surface area contributed by atoms with E-state index in [1.54, 1.807) is 0 Å². The first-order valence-electron chi connectivity index (χ1n) is 8.22. The lowest BCUT2D eigenvalue weighted by atomic mass is 9.99. The minimum absolute atomic E-state index is 0.428. The van der Waals surface area contributed by atoms with Crippen molar-refractivity contribution >= 4 is 0 Å². The Bertz CT molecular complexity index is 394. The Hall–Kier alpha value is -0.860. The van der Waals surface area contributed by atoms with Crippen LogP contribution in [0.4, 0.5) is 0 Å². The lowest BCUT2D eigenvalue weighted by Gasteiger charge is -2.25. The summed E-state index contributed by atoms with van der Waals surface area (Å²) in [7, 11) is 0. The first kappa shape index (κ1) is 15.5. The van der Waals surface area contributed by atoms with Crippen LogP contribution in [0.15, 0.2) is 24.3 Å². The highest BCUT2D eigenvalue weighted by molar-refractivity contribution is 5.28. The quantitative estimate of drug-likeness (QED) is 0.849. The smallest absolute Gasteiger partial charge is 0.0296 e.